The fourth-order valence-electron chi connectivity index (χ4n) is 2.62. The molecule has 2 aromatic carbocycles. The number of carbonyl (C=O) groups is 2. The minimum absolute atomic E-state index is 0.0219. The summed E-state index contributed by atoms with van der Waals surface area (Å²) in [5.41, 5.74) is -0.874. The molecule has 6 heteroatoms. The number of methoxy groups -OCH3 is 1. The summed E-state index contributed by atoms with van der Waals surface area (Å²) >= 11 is 1.16. The molecule has 0 aliphatic carbocycles. The second kappa shape index (κ2) is 10.4. The van der Waals surface area contributed by atoms with Gasteiger partial charge < -0.3 is 14.8 Å². The van der Waals surface area contributed by atoms with Gasteiger partial charge in [-0.05, 0) is 42.8 Å². The number of ether oxygens (including phenoxy) is 2. The summed E-state index contributed by atoms with van der Waals surface area (Å²) in [5.74, 6) is 0.995. The van der Waals surface area contributed by atoms with Crippen molar-refractivity contribution in [1.29, 1.82) is 0 Å². The molecule has 0 bridgehead atoms. The number of hydrogen-bond acceptors (Lipinski definition) is 5. The monoisotopic (exact) mass is 459 g/mol. The van der Waals surface area contributed by atoms with Gasteiger partial charge in [-0.1, -0.05) is 47.6 Å². The molecule has 0 saturated heterocycles. The number of benzene rings is 2. The maximum Gasteiger partial charge on any atom is 0.229 e. The van der Waals surface area contributed by atoms with Crippen molar-refractivity contribution in [1.82, 2.24) is 0 Å². The Balaban J connectivity index is 2.57. The van der Waals surface area contributed by atoms with Crippen LogP contribution in [0.4, 0.5) is 5.69 Å². The Kier molecular flexibility index (Phi) is 7.40. The number of nitrogens with one attached hydrogen (secondary N) is 1. The zero-order chi connectivity index (χ0) is 25.9. The summed E-state index contributed by atoms with van der Waals surface area (Å²) in [7, 11) is 1.52. The minimum Gasteiger partial charge on any atom is -0.493 e. The van der Waals surface area contributed by atoms with Gasteiger partial charge in [-0.2, -0.15) is 11.8 Å². The summed E-state index contributed by atoms with van der Waals surface area (Å²) in [6, 6.07) is 10.2. The van der Waals surface area contributed by atoms with Gasteiger partial charge in [-0.3, -0.25) is 9.59 Å². The predicted molar refractivity (Wildman–Crippen MR) is 133 cm³/mol. The van der Waals surface area contributed by atoms with Gasteiger partial charge in [0.05, 0.1) is 7.11 Å². The molecule has 32 heavy (non-hydrogen) atoms. The number of anilines is 1. The van der Waals surface area contributed by atoms with E-state index in [1.807, 2.05) is 41.5 Å². The third kappa shape index (κ3) is 7.90. The summed E-state index contributed by atoms with van der Waals surface area (Å²) in [6.07, 6.45) is 0.256. The van der Waals surface area contributed by atoms with Crippen LogP contribution in [0.2, 0.25) is 0 Å². The zero-order valence-electron chi connectivity index (χ0n) is 22.2. The molecule has 1 N–H and O–H groups in total. The van der Waals surface area contributed by atoms with Gasteiger partial charge in [-0.15, -0.1) is 0 Å². The molecular formula is C26H35NO4S. The van der Waals surface area contributed by atoms with E-state index in [2.05, 4.69) is 5.32 Å². The first kappa shape index (κ1) is 22.7. The Bertz CT molecular complexity index is 1060. The van der Waals surface area contributed by atoms with Gasteiger partial charge in [0.2, 0.25) is 5.91 Å². The smallest absolute Gasteiger partial charge is 0.229 e. The Hall–Kier alpha value is -2.47. The Morgan fingerprint density at radius 1 is 1.00 bits per heavy atom. The summed E-state index contributed by atoms with van der Waals surface area (Å²) < 4.78 is 28.9. The van der Waals surface area contributed by atoms with E-state index < -0.39 is 11.1 Å². The molecule has 0 fully saturated rings. The maximum absolute atomic E-state index is 12.5. The predicted octanol–water partition coefficient (Wildman–Crippen LogP) is 6.64. The molecule has 0 unspecified atom stereocenters. The molecule has 0 atom stereocenters. The molecule has 0 saturated carbocycles. The molecule has 5 nitrogen and oxygen atoms in total. The number of Topliss-reactive ketones (excluding diaryl/α,β-unsaturated/α-hetero) is 1. The van der Waals surface area contributed by atoms with E-state index >= 15 is 0 Å². The molecule has 174 valence electrons. The Morgan fingerprint density at radius 2 is 1.66 bits per heavy atom. The number of hydrogen-bond donors (Lipinski definition) is 1. The van der Waals surface area contributed by atoms with Crippen molar-refractivity contribution in [2.75, 3.05) is 12.4 Å². The SMILES string of the molecule is [2H]C([2H])(SC(C)(C)C)c1cc(NC(=O)C(C)(C)C)ccc1Oc1cc(CC(C)=O)ccc1OC. The van der Waals surface area contributed by atoms with Crippen molar-refractivity contribution < 1.29 is 21.8 Å². The molecule has 0 aliphatic heterocycles. The second-order valence-corrected chi connectivity index (χ2v) is 11.3. The lowest BCUT2D eigenvalue weighted by Crippen LogP contribution is -2.27. The molecule has 0 spiro atoms. The molecule has 0 radical (unpaired) electrons. The van der Waals surface area contributed by atoms with Crippen molar-refractivity contribution in [3.63, 3.8) is 0 Å². The largest absolute Gasteiger partial charge is 0.493 e. The fourth-order valence-corrected chi connectivity index (χ4v) is 3.20. The van der Waals surface area contributed by atoms with Crippen molar-refractivity contribution in [3.05, 3.63) is 47.5 Å². The molecule has 2 aromatic rings. The summed E-state index contributed by atoms with van der Waals surface area (Å²) in [5, 5.41) is 2.87. The molecular weight excluding hydrogens is 422 g/mol. The van der Waals surface area contributed by atoms with Crippen LogP contribution in [0, 0.1) is 5.41 Å². The lowest BCUT2D eigenvalue weighted by Gasteiger charge is -2.21. The number of thioether (sulfide) groups is 1. The van der Waals surface area contributed by atoms with Crippen molar-refractivity contribution >= 4 is 29.1 Å². The highest BCUT2D eigenvalue weighted by Gasteiger charge is 2.22. The van der Waals surface area contributed by atoms with Gasteiger partial charge in [0, 0.05) is 36.3 Å². The van der Waals surface area contributed by atoms with Crippen LogP contribution in [0.25, 0.3) is 0 Å². The zero-order valence-corrected chi connectivity index (χ0v) is 21.0. The van der Waals surface area contributed by atoms with Crippen molar-refractivity contribution in [2.24, 2.45) is 5.41 Å². The summed E-state index contributed by atoms with van der Waals surface area (Å²) in [6.45, 7) is 12.8. The Morgan fingerprint density at radius 3 is 2.22 bits per heavy atom. The number of amides is 1. The molecule has 0 aliphatic rings. The highest BCUT2D eigenvalue weighted by molar-refractivity contribution is 7.99. The third-order valence-electron chi connectivity index (χ3n) is 4.29. The van der Waals surface area contributed by atoms with Crippen LogP contribution in [0.3, 0.4) is 0 Å². The van der Waals surface area contributed by atoms with E-state index in [-0.39, 0.29) is 28.4 Å². The first-order chi connectivity index (χ1) is 15.5. The van der Waals surface area contributed by atoms with E-state index in [4.69, 9.17) is 12.2 Å². The summed E-state index contributed by atoms with van der Waals surface area (Å²) in [4.78, 5) is 24.1. The quantitative estimate of drug-likeness (QED) is 0.480. The second-order valence-electron chi connectivity index (χ2n) is 9.70. The molecule has 2 rings (SSSR count). The standard InChI is InChI=1S/C26H35NO4S/c1-17(28)13-18-9-11-22(30-8)23(14-18)31-21-12-10-20(27-24(29)25(2,3)4)15-19(21)16-32-26(5,6)7/h9-12,14-15H,13,16H2,1-8H3,(H,27,29)/i16D2. The van der Waals surface area contributed by atoms with Crippen LogP contribution in [0.5, 0.6) is 17.2 Å². The van der Waals surface area contributed by atoms with E-state index in [1.54, 1.807) is 36.4 Å². The minimum atomic E-state index is -1.82. The number of ketones is 1. The third-order valence-corrected chi connectivity index (χ3v) is 5.22. The number of rotatable bonds is 8. The fraction of sp³-hybridized carbons (Fsp3) is 0.462. The van der Waals surface area contributed by atoms with Gasteiger partial charge in [-0.25, -0.2) is 0 Å². The highest BCUT2D eigenvalue weighted by atomic mass is 32.2. The maximum atomic E-state index is 12.5. The first-order valence-corrected chi connectivity index (χ1v) is 11.3. The first-order valence-electron chi connectivity index (χ1n) is 11.5. The van der Waals surface area contributed by atoms with Crippen LogP contribution >= 0.6 is 11.8 Å². The topological polar surface area (TPSA) is 64.6 Å². The Labute approximate surface area is 199 Å². The van der Waals surface area contributed by atoms with Crippen LogP contribution in [0.1, 0.15) is 62.3 Å². The van der Waals surface area contributed by atoms with E-state index in [1.165, 1.54) is 14.0 Å². The van der Waals surface area contributed by atoms with E-state index in [9.17, 15) is 9.59 Å². The van der Waals surface area contributed by atoms with E-state index in [0.29, 0.717) is 22.9 Å². The van der Waals surface area contributed by atoms with Gasteiger partial charge in [0.25, 0.3) is 0 Å². The lowest BCUT2D eigenvalue weighted by atomic mass is 9.95. The molecule has 0 aromatic heterocycles. The van der Waals surface area contributed by atoms with Crippen molar-refractivity contribution in [2.45, 2.75) is 65.3 Å². The number of carbonyl (C=O) groups excluding carboxylic acids is 2. The average Bonchev–Trinajstić information content (AvgIpc) is 2.66. The van der Waals surface area contributed by atoms with Crippen LogP contribution in [-0.4, -0.2) is 23.5 Å². The van der Waals surface area contributed by atoms with Crippen molar-refractivity contribution in [3.8, 4) is 17.2 Å². The van der Waals surface area contributed by atoms with E-state index in [0.717, 1.165) is 17.3 Å². The highest BCUT2D eigenvalue weighted by Crippen LogP contribution is 2.38. The van der Waals surface area contributed by atoms with Gasteiger partial charge in [0.1, 0.15) is 11.5 Å². The average molecular weight is 460 g/mol. The van der Waals surface area contributed by atoms with Gasteiger partial charge >= 0.3 is 0 Å². The van der Waals surface area contributed by atoms with Crippen LogP contribution in [0.15, 0.2) is 36.4 Å². The van der Waals surface area contributed by atoms with Crippen LogP contribution in [-0.2, 0) is 21.7 Å². The normalized spacial score (nSPS) is 13.1. The van der Waals surface area contributed by atoms with Gasteiger partial charge in [0.15, 0.2) is 11.5 Å². The van der Waals surface area contributed by atoms with Crippen LogP contribution < -0.4 is 14.8 Å². The molecule has 1 amide bonds. The molecule has 0 heterocycles. The lowest BCUT2D eigenvalue weighted by molar-refractivity contribution is -0.123.